The van der Waals surface area contributed by atoms with Crippen molar-refractivity contribution >= 4 is 46.5 Å². The predicted octanol–water partition coefficient (Wildman–Crippen LogP) is 3.54. The monoisotopic (exact) mass is 516 g/mol. The number of benzene rings is 2. The molecule has 3 aliphatic heterocycles. The fourth-order valence-corrected chi connectivity index (χ4v) is 4.80. The fourth-order valence-electron chi connectivity index (χ4n) is 3.75. The van der Waals surface area contributed by atoms with E-state index < -0.39 is 5.91 Å². The molecule has 3 aliphatic rings. The maximum atomic E-state index is 12.9. The third-order valence-electron chi connectivity index (χ3n) is 5.65. The van der Waals surface area contributed by atoms with Crippen molar-refractivity contribution in [3.05, 3.63) is 57.5 Å². The third kappa shape index (κ3) is 5.24. The van der Waals surface area contributed by atoms with Gasteiger partial charge >= 0.3 is 0 Å². The molecule has 2 saturated heterocycles. The molecule has 11 heteroatoms. The molecule has 2 fully saturated rings. The Morgan fingerprint density at radius 3 is 2.54 bits per heavy atom. The predicted molar refractivity (Wildman–Crippen MR) is 128 cm³/mol. The molecular formula is C24H21ClN2O7S. The second-order valence-corrected chi connectivity index (χ2v) is 9.32. The van der Waals surface area contributed by atoms with Gasteiger partial charge in [0.25, 0.3) is 17.1 Å². The zero-order valence-corrected chi connectivity index (χ0v) is 20.1. The molecule has 2 aromatic rings. The van der Waals surface area contributed by atoms with Crippen LogP contribution in [0.5, 0.6) is 17.2 Å². The second kappa shape index (κ2) is 10.2. The van der Waals surface area contributed by atoms with E-state index in [0.717, 1.165) is 22.2 Å². The van der Waals surface area contributed by atoms with Crippen LogP contribution in [0.15, 0.2) is 41.3 Å². The van der Waals surface area contributed by atoms with Gasteiger partial charge in [-0.15, -0.1) is 0 Å². The van der Waals surface area contributed by atoms with Gasteiger partial charge in [-0.1, -0.05) is 23.7 Å². The number of hydrogen-bond acceptors (Lipinski definition) is 8. The molecule has 0 saturated carbocycles. The highest BCUT2D eigenvalue weighted by Gasteiger charge is 2.35. The molecule has 0 radical (unpaired) electrons. The van der Waals surface area contributed by atoms with Crippen LogP contribution in [0.25, 0.3) is 6.08 Å². The van der Waals surface area contributed by atoms with E-state index >= 15 is 0 Å². The van der Waals surface area contributed by atoms with Gasteiger partial charge in [0.2, 0.25) is 6.79 Å². The van der Waals surface area contributed by atoms with Crippen LogP contribution >= 0.6 is 23.4 Å². The minimum atomic E-state index is -0.398. The van der Waals surface area contributed by atoms with E-state index in [1.165, 1.54) is 0 Å². The summed E-state index contributed by atoms with van der Waals surface area (Å²) in [6.45, 7) is 2.29. The lowest BCUT2D eigenvalue weighted by Gasteiger charge is -2.26. The Kier molecular flexibility index (Phi) is 6.85. The molecule has 3 amide bonds. The number of imide groups is 1. The van der Waals surface area contributed by atoms with Crippen molar-refractivity contribution in [2.24, 2.45) is 0 Å². The van der Waals surface area contributed by atoms with E-state index in [1.54, 1.807) is 47.4 Å². The average molecular weight is 517 g/mol. The first-order chi connectivity index (χ1) is 17.0. The first-order valence-corrected chi connectivity index (χ1v) is 12.1. The summed E-state index contributed by atoms with van der Waals surface area (Å²) in [6, 6.07) is 10.3. The van der Waals surface area contributed by atoms with Crippen LogP contribution in [-0.4, -0.2) is 66.6 Å². The lowest BCUT2D eigenvalue weighted by Crippen LogP contribution is -2.42. The number of fused-ring (bicyclic) bond motifs is 1. The first kappa shape index (κ1) is 23.5. The molecule has 9 nitrogen and oxygen atoms in total. The number of morpholine rings is 1. The van der Waals surface area contributed by atoms with E-state index in [1.807, 2.05) is 0 Å². The SMILES string of the molecule is O=C(COc1ccc(/C=C2/SC(=O)N(Cc3cc4c(cc3Cl)OCO4)C2=O)cc1)N1CCOCC1. The van der Waals surface area contributed by atoms with Gasteiger partial charge in [-0.2, -0.15) is 0 Å². The van der Waals surface area contributed by atoms with Crippen molar-refractivity contribution in [1.29, 1.82) is 0 Å². The largest absolute Gasteiger partial charge is 0.484 e. The molecule has 0 aliphatic carbocycles. The van der Waals surface area contributed by atoms with Crippen molar-refractivity contribution in [3.8, 4) is 17.2 Å². The number of nitrogens with zero attached hydrogens (tertiary/aromatic N) is 2. The van der Waals surface area contributed by atoms with Crippen LogP contribution in [0.4, 0.5) is 4.79 Å². The smallest absolute Gasteiger partial charge is 0.293 e. The minimum Gasteiger partial charge on any atom is -0.484 e. The second-order valence-electron chi connectivity index (χ2n) is 7.92. The van der Waals surface area contributed by atoms with Gasteiger partial charge in [-0.3, -0.25) is 19.3 Å². The Morgan fingerprint density at radius 2 is 1.80 bits per heavy atom. The van der Waals surface area contributed by atoms with Crippen LogP contribution in [0, 0.1) is 0 Å². The van der Waals surface area contributed by atoms with Gasteiger partial charge < -0.3 is 23.8 Å². The number of rotatable bonds is 6. The number of thioether (sulfide) groups is 1. The number of amides is 3. The topological polar surface area (TPSA) is 94.6 Å². The zero-order valence-electron chi connectivity index (χ0n) is 18.5. The van der Waals surface area contributed by atoms with Gasteiger partial charge in [0.15, 0.2) is 18.1 Å². The summed E-state index contributed by atoms with van der Waals surface area (Å²) in [6.07, 6.45) is 1.65. The summed E-state index contributed by atoms with van der Waals surface area (Å²) in [5.74, 6) is 1.11. The summed E-state index contributed by atoms with van der Waals surface area (Å²) < 4.78 is 21.5. The number of carbonyl (C=O) groups excluding carboxylic acids is 3. The standard InChI is InChI=1S/C24H21ClN2O7S/c25-18-11-20-19(33-14-34-20)10-16(18)12-27-23(29)21(35-24(27)30)9-15-1-3-17(4-2-15)32-13-22(28)26-5-7-31-8-6-26/h1-4,9-11H,5-8,12-14H2/b21-9+. The van der Waals surface area contributed by atoms with Crippen LogP contribution < -0.4 is 14.2 Å². The third-order valence-corrected chi connectivity index (χ3v) is 6.91. The number of hydrogen-bond donors (Lipinski definition) is 0. The number of carbonyl (C=O) groups is 3. The lowest BCUT2D eigenvalue weighted by atomic mass is 10.1. The van der Waals surface area contributed by atoms with Gasteiger partial charge in [0.1, 0.15) is 5.75 Å². The van der Waals surface area contributed by atoms with E-state index in [4.69, 9.17) is 30.5 Å². The molecule has 0 bridgehead atoms. The molecule has 0 atom stereocenters. The summed E-state index contributed by atoms with van der Waals surface area (Å²) in [7, 11) is 0. The van der Waals surface area contributed by atoms with E-state index in [0.29, 0.717) is 59.0 Å². The molecule has 0 unspecified atom stereocenters. The number of halogens is 1. The van der Waals surface area contributed by atoms with Crippen molar-refractivity contribution in [3.63, 3.8) is 0 Å². The Labute approximate surface area is 210 Å². The quantitative estimate of drug-likeness (QED) is 0.538. The Morgan fingerprint density at radius 1 is 1.09 bits per heavy atom. The summed E-state index contributed by atoms with van der Waals surface area (Å²) in [5, 5.41) is 0.0107. The summed E-state index contributed by atoms with van der Waals surface area (Å²) in [4.78, 5) is 40.8. The first-order valence-electron chi connectivity index (χ1n) is 10.9. The molecule has 35 heavy (non-hydrogen) atoms. The molecular weight excluding hydrogens is 496 g/mol. The molecule has 5 rings (SSSR count). The van der Waals surface area contributed by atoms with Crippen molar-refractivity contribution in [1.82, 2.24) is 9.80 Å². The van der Waals surface area contributed by atoms with Crippen LogP contribution in [0.1, 0.15) is 11.1 Å². The van der Waals surface area contributed by atoms with Crippen LogP contribution in [0.2, 0.25) is 5.02 Å². The van der Waals surface area contributed by atoms with Crippen LogP contribution in [-0.2, 0) is 20.9 Å². The number of ether oxygens (including phenoxy) is 4. The molecule has 0 N–H and O–H groups in total. The summed E-state index contributed by atoms with van der Waals surface area (Å²) in [5.41, 5.74) is 1.32. The average Bonchev–Trinajstić information content (AvgIpc) is 3.43. The summed E-state index contributed by atoms with van der Waals surface area (Å²) >= 11 is 7.17. The highest BCUT2D eigenvalue weighted by molar-refractivity contribution is 8.18. The van der Waals surface area contributed by atoms with E-state index in [9.17, 15) is 14.4 Å². The zero-order chi connectivity index (χ0) is 24.4. The fraction of sp³-hybridized carbons (Fsp3) is 0.292. The van der Waals surface area contributed by atoms with Gasteiger partial charge in [0.05, 0.1) is 24.7 Å². The maximum absolute atomic E-state index is 12.9. The normalized spacial score (nSPS) is 18.5. The van der Waals surface area contributed by atoms with Gasteiger partial charge in [-0.05, 0) is 47.2 Å². The van der Waals surface area contributed by atoms with Crippen molar-refractivity contribution in [2.75, 3.05) is 39.7 Å². The minimum absolute atomic E-state index is 0.0292. The lowest BCUT2D eigenvalue weighted by molar-refractivity contribution is -0.137. The highest BCUT2D eigenvalue weighted by atomic mass is 35.5. The van der Waals surface area contributed by atoms with Crippen LogP contribution in [0.3, 0.4) is 0 Å². The van der Waals surface area contributed by atoms with E-state index in [-0.39, 0.29) is 31.1 Å². The highest BCUT2D eigenvalue weighted by Crippen LogP contribution is 2.39. The molecule has 0 aromatic heterocycles. The molecule has 0 spiro atoms. The van der Waals surface area contributed by atoms with Crippen molar-refractivity contribution < 1.29 is 33.3 Å². The van der Waals surface area contributed by atoms with Gasteiger partial charge in [-0.25, -0.2) is 0 Å². The Hall–Kier alpha value is -3.21. The molecule has 182 valence electrons. The van der Waals surface area contributed by atoms with Gasteiger partial charge in [0, 0.05) is 24.2 Å². The maximum Gasteiger partial charge on any atom is 0.293 e. The van der Waals surface area contributed by atoms with Crippen molar-refractivity contribution in [2.45, 2.75) is 6.54 Å². The molecule has 2 aromatic carbocycles. The molecule has 3 heterocycles. The van der Waals surface area contributed by atoms with E-state index in [2.05, 4.69) is 0 Å². The Bertz CT molecular complexity index is 1200. The Balaban J connectivity index is 1.21.